The van der Waals surface area contributed by atoms with E-state index in [4.69, 9.17) is 4.74 Å². The lowest BCUT2D eigenvalue weighted by atomic mass is 9.95. The van der Waals surface area contributed by atoms with Crippen LogP contribution in [0.25, 0.3) is 0 Å². The molecule has 0 aromatic heterocycles. The van der Waals surface area contributed by atoms with Gasteiger partial charge in [-0.25, -0.2) is 0 Å². The first-order valence-corrected chi connectivity index (χ1v) is 9.92. The minimum absolute atomic E-state index is 0.0271. The SMILES string of the molecule is CCN(C(=O)C1CCN(C(=O)COc2ccccc2)CC1)c1cccc(C)c1. The van der Waals surface area contributed by atoms with Crippen molar-refractivity contribution in [3.05, 3.63) is 60.2 Å². The topological polar surface area (TPSA) is 49.9 Å². The van der Waals surface area contributed by atoms with E-state index < -0.39 is 0 Å². The molecule has 0 atom stereocenters. The van der Waals surface area contributed by atoms with E-state index in [0.29, 0.717) is 38.2 Å². The highest BCUT2D eigenvalue weighted by Gasteiger charge is 2.30. The van der Waals surface area contributed by atoms with E-state index in [-0.39, 0.29) is 24.3 Å². The number of hydrogen-bond acceptors (Lipinski definition) is 3. The molecule has 0 saturated carbocycles. The molecule has 148 valence electrons. The Bertz CT molecular complexity index is 799. The molecule has 0 aliphatic carbocycles. The number of benzene rings is 2. The summed E-state index contributed by atoms with van der Waals surface area (Å²) < 4.78 is 5.55. The lowest BCUT2D eigenvalue weighted by Crippen LogP contribution is -2.45. The predicted molar refractivity (Wildman–Crippen MR) is 110 cm³/mol. The minimum atomic E-state index is -0.0421. The number of rotatable bonds is 6. The average molecular weight is 380 g/mol. The second kappa shape index (κ2) is 9.40. The molecule has 1 heterocycles. The van der Waals surface area contributed by atoms with Crippen LogP contribution in [0.2, 0.25) is 0 Å². The molecule has 2 amide bonds. The molecule has 0 spiro atoms. The molecule has 0 N–H and O–H groups in total. The van der Waals surface area contributed by atoms with Crippen molar-refractivity contribution in [3.8, 4) is 5.75 Å². The Morgan fingerprint density at radius 2 is 1.79 bits per heavy atom. The molecule has 2 aromatic carbocycles. The van der Waals surface area contributed by atoms with Crippen molar-refractivity contribution in [1.82, 2.24) is 4.90 Å². The summed E-state index contributed by atoms with van der Waals surface area (Å²) in [5, 5.41) is 0. The van der Waals surface area contributed by atoms with Gasteiger partial charge in [0.1, 0.15) is 5.75 Å². The molecular formula is C23H28N2O3. The molecule has 0 bridgehead atoms. The van der Waals surface area contributed by atoms with Crippen molar-refractivity contribution < 1.29 is 14.3 Å². The lowest BCUT2D eigenvalue weighted by Gasteiger charge is -2.34. The van der Waals surface area contributed by atoms with Crippen molar-refractivity contribution in [2.24, 2.45) is 5.92 Å². The second-order valence-electron chi connectivity index (χ2n) is 7.18. The summed E-state index contributed by atoms with van der Waals surface area (Å²) in [4.78, 5) is 29.1. The zero-order chi connectivity index (χ0) is 19.9. The predicted octanol–water partition coefficient (Wildman–Crippen LogP) is 3.67. The van der Waals surface area contributed by atoms with Crippen LogP contribution in [0, 0.1) is 12.8 Å². The monoisotopic (exact) mass is 380 g/mol. The van der Waals surface area contributed by atoms with Gasteiger partial charge in [0.05, 0.1) is 0 Å². The zero-order valence-electron chi connectivity index (χ0n) is 16.6. The average Bonchev–Trinajstić information content (AvgIpc) is 2.73. The third-order valence-corrected chi connectivity index (χ3v) is 5.20. The normalized spacial score (nSPS) is 14.6. The fourth-order valence-corrected chi connectivity index (χ4v) is 3.61. The molecule has 2 aromatic rings. The van der Waals surface area contributed by atoms with Crippen LogP contribution in [-0.2, 0) is 9.59 Å². The maximum Gasteiger partial charge on any atom is 0.260 e. The van der Waals surface area contributed by atoms with Crippen LogP contribution < -0.4 is 9.64 Å². The molecule has 1 aliphatic rings. The molecule has 0 radical (unpaired) electrons. The van der Waals surface area contributed by atoms with E-state index in [1.54, 1.807) is 4.90 Å². The highest BCUT2D eigenvalue weighted by Crippen LogP contribution is 2.24. The van der Waals surface area contributed by atoms with Gasteiger partial charge in [0.15, 0.2) is 6.61 Å². The summed E-state index contributed by atoms with van der Waals surface area (Å²) in [7, 11) is 0. The van der Waals surface area contributed by atoms with Crippen molar-refractivity contribution in [2.75, 3.05) is 31.1 Å². The van der Waals surface area contributed by atoms with Gasteiger partial charge < -0.3 is 14.5 Å². The smallest absolute Gasteiger partial charge is 0.260 e. The Kier molecular flexibility index (Phi) is 6.69. The van der Waals surface area contributed by atoms with Gasteiger partial charge in [0.2, 0.25) is 5.91 Å². The van der Waals surface area contributed by atoms with Gasteiger partial charge in [0.25, 0.3) is 5.91 Å². The Balaban J connectivity index is 1.52. The number of carbonyl (C=O) groups is 2. The van der Waals surface area contributed by atoms with Crippen molar-refractivity contribution >= 4 is 17.5 Å². The van der Waals surface area contributed by atoms with Crippen LogP contribution >= 0.6 is 0 Å². The first kappa shape index (κ1) is 19.9. The molecule has 0 unspecified atom stereocenters. The van der Waals surface area contributed by atoms with Crippen LogP contribution in [0.4, 0.5) is 5.69 Å². The Hall–Kier alpha value is -2.82. The second-order valence-corrected chi connectivity index (χ2v) is 7.18. The number of anilines is 1. The third-order valence-electron chi connectivity index (χ3n) is 5.20. The zero-order valence-corrected chi connectivity index (χ0v) is 16.6. The number of para-hydroxylation sites is 1. The van der Waals surface area contributed by atoms with Gasteiger partial charge in [-0.15, -0.1) is 0 Å². The number of aryl methyl sites for hydroxylation is 1. The summed E-state index contributed by atoms with van der Waals surface area (Å²) in [5.74, 6) is 0.777. The number of likely N-dealkylation sites (tertiary alicyclic amines) is 1. The van der Waals surface area contributed by atoms with Crippen LogP contribution in [0.3, 0.4) is 0 Å². The number of ether oxygens (including phenoxy) is 1. The summed E-state index contributed by atoms with van der Waals surface area (Å²) in [6.07, 6.45) is 1.39. The van der Waals surface area contributed by atoms with E-state index in [2.05, 4.69) is 0 Å². The fourth-order valence-electron chi connectivity index (χ4n) is 3.61. The molecule has 3 rings (SSSR count). The van der Waals surface area contributed by atoms with E-state index in [9.17, 15) is 9.59 Å². The van der Waals surface area contributed by atoms with Crippen LogP contribution in [-0.4, -0.2) is 43.0 Å². The molecule has 5 nitrogen and oxygen atoms in total. The summed E-state index contributed by atoms with van der Waals surface area (Å²) in [6, 6.07) is 17.4. The Morgan fingerprint density at radius 1 is 1.07 bits per heavy atom. The highest BCUT2D eigenvalue weighted by atomic mass is 16.5. The summed E-state index contributed by atoms with van der Waals surface area (Å²) >= 11 is 0. The van der Waals surface area contributed by atoms with Gasteiger partial charge in [0, 0.05) is 31.2 Å². The first-order valence-electron chi connectivity index (χ1n) is 9.92. The van der Waals surface area contributed by atoms with Gasteiger partial charge in [-0.2, -0.15) is 0 Å². The van der Waals surface area contributed by atoms with Gasteiger partial charge in [-0.1, -0.05) is 30.3 Å². The first-order chi connectivity index (χ1) is 13.6. The number of hydrogen-bond donors (Lipinski definition) is 0. The maximum absolute atomic E-state index is 13.0. The molecule has 1 saturated heterocycles. The van der Waals surface area contributed by atoms with Gasteiger partial charge in [-0.3, -0.25) is 9.59 Å². The molecule has 1 fully saturated rings. The molecular weight excluding hydrogens is 352 g/mol. The number of amides is 2. The number of carbonyl (C=O) groups excluding carboxylic acids is 2. The van der Waals surface area contributed by atoms with Crippen molar-refractivity contribution in [1.29, 1.82) is 0 Å². The standard InChI is InChI=1S/C23H28N2O3/c1-3-25(20-9-7-8-18(2)16-20)23(27)19-12-14-24(15-13-19)22(26)17-28-21-10-5-4-6-11-21/h4-11,16,19H,3,12-15,17H2,1-2H3. The maximum atomic E-state index is 13.0. The van der Waals surface area contributed by atoms with Crippen molar-refractivity contribution in [3.63, 3.8) is 0 Å². The number of nitrogens with zero attached hydrogens (tertiary/aromatic N) is 2. The molecule has 28 heavy (non-hydrogen) atoms. The lowest BCUT2D eigenvalue weighted by molar-refractivity contribution is -0.136. The third kappa shape index (κ3) is 4.91. The largest absolute Gasteiger partial charge is 0.484 e. The molecule has 5 heteroatoms. The van der Waals surface area contributed by atoms with Crippen LogP contribution in [0.1, 0.15) is 25.3 Å². The minimum Gasteiger partial charge on any atom is -0.484 e. The van der Waals surface area contributed by atoms with Crippen LogP contribution in [0.15, 0.2) is 54.6 Å². The number of piperidine rings is 1. The Morgan fingerprint density at radius 3 is 2.43 bits per heavy atom. The fraction of sp³-hybridized carbons (Fsp3) is 0.391. The highest BCUT2D eigenvalue weighted by molar-refractivity contribution is 5.95. The van der Waals surface area contributed by atoms with E-state index in [1.807, 2.05) is 73.3 Å². The van der Waals surface area contributed by atoms with Crippen molar-refractivity contribution in [2.45, 2.75) is 26.7 Å². The van der Waals surface area contributed by atoms with E-state index in [1.165, 1.54) is 0 Å². The van der Waals surface area contributed by atoms with Gasteiger partial charge >= 0.3 is 0 Å². The Labute approximate surface area is 166 Å². The molecule has 1 aliphatic heterocycles. The van der Waals surface area contributed by atoms with Crippen LogP contribution in [0.5, 0.6) is 5.75 Å². The summed E-state index contributed by atoms with van der Waals surface area (Å²) in [6.45, 7) is 5.90. The van der Waals surface area contributed by atoms with Gasteiger partial charge in [-0.05, 0) is 56.5 Å². The summed E-state index contributed by atoms with van der Waals surface area (Å²) in [5.41, 5.74) is 2.09. The van der Waals surface area contributed by atoms with E-state index in [0.717, 1.165) is 11.3 Å². The van der Waals surface area contributed by atoms with E-state index >= 15 is 0 Å². The quantitative estimate of drug-likeness (QED) is 0.768.